The minimum absolute atomic E-state index is 0. The Morgan fingerprint density at radius 3 is 1.86 bits per heavy atom. The Balaban J connectivity index is -0.000000424. The van der Waals surface area contributed by atoms with E-state index in [2.05, 4.69) is 95.4 Å². The van der Waals surface area contributed by atoms with Crippen LogP contribution in [0.2, 0.25) is 0 Å². The standard InChI is InChI=1S/C27H38O.C15H20F3NO.C4H8.C3H5O.C2H6.U/c1-8-13-20(4)17-18-26(22(6)14-9-2)27(23(7)28)19-24-15-11-12-16-25(24)21(5)10-3;1-5-12(20)14-9(3)7-10(8-11(14)16)19-13(6-2)15(4,17)18;1-3-4-2;1-2-3-4;1-2;/h11-12,14-19,21H,8-10,13H2,1-7H3;7-8,13,19H,5-6H2,1-4H3;3-4H,1-2H3;2H2,1H3;1-2H3;/q;;;-1;;/b20-17-,22-14-,26-18+,27-19+;;4-3-;;;. The molecule has 0 amide bonds. The third-order valence-electron chi connectivity index (χ3n) is 8.95. The van der Waals surface area contributed by atoms with Gasteiger partial charge in [-0.25, -0.2) is 13.2 Å². The van der Waals surface area contributed by atoms with Gasteiger partial charge in [-0.3, -0.25) is 15.9 Å². The van der Waals surface area contributed by atoms with E-state index in [1.165, 1.54) is 17.2 Å². The van der Waals surface area contributed by atoms with Crippen molar-refractivity contribution in [1.29, 1.82) is 0 Å². The first-order valence-electron chi connectivity index (χ1n) is 21.1. The summed E-state index contributed by atoms with van der Waals surface area (Å²) in [6, 6.07) is 10.0. The maximum Gasteiger partial charge on any atom is 0.265 e. The number of Topliss-reactive ketones (excluding diaryl/α,β-unsaturated/α-hetero) is 2. The maximum atomic E-state index is 14.0. The van der Waals surface area contributed by atoms with Gasteiger partial charge in [-0.05, 0) is 119 Å². The van der Waals surface area contributed by atoms with Crippen molar-refractivity contribution in [3.63, 3.8) is 0 Å². The van der Waals surface area contributed by atoms with Crippen molar-refractivity contribution in [2.45, 2.75) is 174 Å². The molecule has 0 aromatic heterocycles. The zero-order valence-electron chi connectivity index (χ0n) is 39.4. The second kappa shape index (κ2) is 36.6. The zero-order chi connectivity index (χ0) is 45.4. The van der Waals surface area contributed by atoms with Crippen LogP contribution >= 0.6 is 0 Å². The molecule has 0 aliphatic rings. The SMILES string of the molecule is C/C=C\C.CC.CCC(=O)c1c(C)cc(NC(CC)C(C)(F)F)cc1F.CC[C-]=O.CC\C=C(C)/C(=C\C=C(\C)CCC)C(=C/c1ccccc1C(C)CC)/C(C)=O.[U]. The molecular weight excluding hydrogens is 970 g/mol. The summed E-state index contributed by atoms with van der Waals surface area (Å²) in [5.41, 5.74) is 7.52. The molecule has 0 bridgehead atoms. The van der Waals surface area contributed by atoms with Gasteiger partial charge >= 0.3 is 0 Å². The Kier molecular flexibility index (Phi) is 38.8. The van der Waals surface area contributed by atoms with Gasteiger partial charge in [0.05, 0.1) is 11.6 Å². The molecule has 2 atom stereocenters. The molecule has 8 heteroatoms. The second-order valence-electron chi connectivity index (χ2n) is 13.8. The van der Waals surface area contributed by atoms with Crippen LogP contribution in [0.25, 0.3) is 6.08 Å². The molecule has 2 rings (SSSR count). The van der Waals surface area contributed by atoms with Crippen LogP contribution in [0.15, 0.2) is 89.1 Å². The van der Waals surface area contributed by atoms with Gasteiger partial charge in [0.15, 0.2) is 11.6 Å². The van der Waals surface area contributed by atoms with Crippen LogP contribution in [-0.2, 0) is 9.59 Å². The maximum absolute atomic E-state index is 14.0. The van der Waals surface area contributed by atoms with E-state index in [1.807, 2.05) is 39.8 Å². The largest absolute Gasteiger partial charge is 0.542 e. The normalized spacial score (nSPS) is 12.7. The Morgan fingerprint density at radius 1 is 0.898 bits per heavy atom. The fourth-order valence-corrected chi connectivity index (χ4v) is 5.53. The molecule has 2 aromatic rings. The summed E-state index contributed by atoms with van der Waals surface area (Å²) < 4.78 is 40.6. The van der Waals surface area contributed by atoms with Gasteiger partial charge in [-0.2, -0.15) is 6.42 Å². The summed E-state index contributed by atoms with van der Waals surface area (Å²) in [5.74, 6) is -3.30. The summed E-state index contributed by atoms with van der Waals surface area (Å²) in [4.78, 5) is 33.3. The van der Waals surface area contributed by atoms with Gasteiger partial charge in [0.25, 0.3) is 5.92 Å². The number of hydrogen-bond donors (Lipinski definition) is 1. The number of hydrogen-bond acceptors (Lipinski definition) is 4. The third kappa shape index (κ3) is 25.9. The van der Waals surface area contributed by atoms with Gasteiger partial charge in [0, 0.05) is 55.7 Å². The van der Waals surface area contributed by atoms with Gasteiger partial charge in [-0.1, -0.05) is 129 Å². The van der Waals surface area contributed by atoms with E-state index in [9.17, 15) is 22.8 Å². The predicted molar refractivity (Wildman–Crippen MR) is 247 cm³/mol. The van der Waals surface area contributed by atoms with Crippen LogP contribution in [0.5, 0.6) is 0 Å². The number of alkyl halides is 2. The topological polar surface area (TPSA) is 63.2 Å². The zero-order valence-corrected chi connectivity index (χ0v) is 43.6. The molecule has 0 aliphatic heterocycles. The van der Waals surface area contributed by atoms with Gasteiger partial charge in [0.2, 0.25) is 0 Å². The second-order valence-corrected chi connectivity index (χ2v) is 13.8. The van der Waals surface area contributed by atoms with E-state index in [0.29, 0.717) is 17.9 Å². The van der Waals surface area contributed by atoms with E-state index in [0.717, 1.165) is 61.0 Å². The number of rotatable bonds is 17. The molecule has 330 valence electrons. The van der Waals surface area contributed by atoms with Crippen molar-refractivity contribution < 1.29 is 58.7 Å². The number of halogens is 3. The Labute approximate surface area is 382 Å². The molecule has 2 aromatic carbocycles. The molecule has 0 radical (unpaired) electrons. The Hall–Kier alpha value is -3.21. The first-order chi connectivity index (χ1) is 27.4. The van der Waals surface area contributed by atoms with Gasteiger partial charge < -0.3 is 10.1 Å². The van der Waals surface area contributed by atoms with Crippen molar-refractivity contribution in [2.24, 2.45) is 0 Å². The van der Waals surface area contributed by atoms with Crippen LogP contribution in [0.4, 0.5) is 18.9 Å². The molecule has 2 unspecified atom stereocenters. The van der Waals surface area contributed by atoms with Crippen LogP contribution in [0, 0.1) is 43.9 Å². The minimum Gasteiger partial charge on any atom is -0.542 e. The average molecular weight is 1050 g/mol. The molecular formula is C51H77F3NO3U-. The summed E-state index contributed by atoms with van der Waals surface area (Å²) in [6.45, 7) is 30.2. The van der Waals surface area contributed by atoms with Crippen LogP contribution < -0.4 is 5.32 Å². The third-order valence-corrected chi connectivity index (χ3v) is 8.95. The summed E-state index contributed by atoms with van der Waals surface area (Å²) in [7, 11) is 0. The van der Waals surface area contributed by atoms with Crippen molar-refractivity contribution >= 4 is 29.6 Å². The Morgan fingerprint density at radius 2 is 1.46 bits per heavy atom. The quantitative estimate of drug-likeness (QED) is 0.0564. The number of aryl methyl sites for hydroxylation is 1. The molecule has 0 saturated carbocycles. The number of allylic oxidation sites excluding steroid dienone is 9. The monoisotopic (exact) mass is 1050 g/mol. The van der Waals surface area contributed by atoms with E-state index in [1.54, 1.807) is 40.9 Å². The van der Waals surface area contributed by atoms with E-state index < -0.39 is 17.8 Å². The number of anilines is 1. The first kappa shape index (κ1) is 62.4. The molecule has 4 nitrogen and oxygen atoms in total. The number of carbonyl (C=O) groups is 2. The molecule has 0 spiro atoms. The van der Waals surface area contributed by atoms with E-state index in [4.69, 9.17) is 4.79 Å². The molecule has 1 N–H and O–H groups in total. The van der Waals surface area contributed by atoms with Crippen LogP contribution in [-0.4, -0.2) is 29.8 Å². The number of benzene rings is 2. The van der Waals surface area contributed by atoms with Crippen LogP contribution in [0.3, 0.4) is 0 Å². The predicted octanol–water partition coefficient (Wildman–Crippen LogP) is 15.9. The van der Waals surface area contributed by atoms with Crippen molar-refractivity contribution in [1.82, 2.24) is 0 Å². The summed E-state index contributed by atoms with van der Waals surface area (Å²) in [6.07, 6.45) is 19.4. The smallest absolute Gasteiger partial charge is 0.265 e. The molecule has 0 fully saturated rings. The van der Waals surface area contributed by atoms with Crippen molar-refractivity contribution in [3.8, 4) is 0 Å². The van der Waals surface area contributed by atoms with Crippen LogP contribution in [0.1, 0.15) is 182 Å². The average Bonchev–Trinajstić information content (AvgIpc) is 3.19. The van der Waals surface area contributed by atoms with E-state index >= 15 is 0 Å². The first-order valence-corrected chi connectivity index (χ1v) is 21.1. The van der Waals surface area contributed by atoms with Gasteiger partial charge in [-0.15, -0.1) is 0 Å². The molecule has 59 heavy (non-hydrogen) atoms. The summed E-state index contributed by atoms with van der Waals surface area (Å²) in [5, 5.41) is 2.63. The fourth-order valence-electron chi connectivity index (χ4n) is 5.53. The molecule has 0 aliphatic carbocycles. The van der Waals surface area contributed by atoms with E-state index in [-0.39, 0.29) is 66.8 Å². The summed E-state index contributed by atoms with van der Waals surface area (Å²) >= 11 is 0. The number of ketones is 2. The molecule has 0 heterocycles. The fraction of sp³-hybridized carbons (Fsp3) is 0.510. The van der Waals surface area contributed by atoms with Crippen molar-refractivity contribution in [3.05, 3.63) is 117 Å². The van der Waals surface area contributed by atoms with Crippen molar-refractivity contribution in [2.75, 3.05) is 5.32 Å². The Bertz CT molecular complexity index is 1620. The number of carbonyl (C=O) groups excluding carboxylic acids is 3. The van der Waals surface area contributed by atoms with Gasteiger partial charge in [0.1, 0.15) is 5.82 Å². The number of nitrogens with one attached hydrogen (secondary N) is 1. The molecule has 0 saturated heterocycles. The minimum atomic E-state index is -2.91.